The first-order chi connectivity index (χ1) is 10.3. The van der Waals surface area contributed by atoms with Gasteiger partial charge >= 0.3 is 0 Å². The van der Waals surface area contributed by atoms with Crippen LogP contribution in [0.1, 0.15) is 12.0 Å². The number of anilines is 2. The molecular formula is C17H18N2O2. The molecule has 4 heteroatoms. The van der Waals surface area contributed by atoms with Gasteiger partial charge in [0.25, 0.3) is 0 Å². The Morgan fingerprint density at radius 1 is 1.10 bits per heavy atom. The highest BCUT2D eigenvalue weighted by molar-refractivity contribution is 6.03. The van der Waals surface area contributed by atoms with Crippen LogP contribution in [0, 0.1) is 0 Å². The van der Waals surface area contributed by atoms with E-state index in [-0.39, 0.29) is 11.9 Å². The molecule has 108 valence electrons. The molecule has 0 aliphatic carbocycles. The van der Waals surface area contributed by atoms with Crippen molar-refractivity contribution < 1.29 is 9.53 Å². The van der Waals surface area contributed by atoms with E-state index in [1.807, 2.05) is 36.4 Å². The number of aryl methyl sites for hydroxylation is 1. The maximum atomic E-state index is 12.2. The number of carbonyl (C=O) groups is 1. The average Bonchev–Trinajstić information content (AvgIpc) is 2.53. The average molecular weight is 282 g/mol. The molecule has 21 heavy (non-hydrogen) atoms. The van der Waals surface area contributed by atoms with Gasteiger partial charge < -0.3 is 15.4 Å². The molecule has 0 radical (unpaired) electrons. The Kier molecular flexibility index (Phi) is 3.77. The lowest BCUT2D eigenvalue weighted by atomic mass is 10.0. The molecule has 3 rings (SSSR count). The van der Waals surface area contributed by atoms with E-state index in [2.05, 4.69) is 22.8 Å². The third-order valence-corrected chi connectivity index (χ3v) is 3.70. The van der Waals surface area contributed by atoms with Crippen LogP contribution in [0.5, 0.6) is 5.75 Å². The standard InChI is InChI=1S/C17H18N2O2/c1-21-13-8-10-14-16(11-13)19-17(20)15(18-14)9-7-12-5-3-2-4-6-12/h2-6,8,10-11,15,18H,7,9H2,1H3,(H,19,20). The molecule has 0 saturated carbocycles. The minimum absolute atomic E-state index is 0.00619. The van der Waals surface area contributed by atoms with Crippen molar-refractivity contribution in [2.24, 2.45) is 0 Å². The molecule has 0 bridgehead atoms. The van der Waals surface area contributed by atoms with Crippen LogP contribution in [-0.4, -0.2) is 19.1 Å². The zero-order valence-electron chi connectivity index (χ0n) is 11.9. The van der Waals surface area contributed by atoms with Crippen LogP contribution < -0.4 is 15.4 Å². The van der Waals surface area contributed by atoms with Gasteiger partial charge in [-0.05, 0) is 30.5 Å². The Morgan fingerprint density at radius 2 is 1.90 bits per heavy atom. The van der Waals surface area contributed by atoms with Crippen molar-refractivity contribution in [2.45, 2.75) is 18.9 Å². The van der Waals surface area contributed by atoms with Crippen molar-refractivity contribution in [3.8, 4) is 5.75 Å². The number of nitrogens with one attached hydrogen (secondary N) is 2. The van der Waals surface area contributed by atoms with Gasteiger partial charge in [0.05, 0.1) is 18.5 Å². The number of hydrogen-bond acceptors (Lipinski definition) is 3. The highest BCUT2D eigenvalue weighted by Gasteiger charge is 2.25. The lowest BCUT2D eigenvalue weighted by molar-refractivity contribution is -0.117. The molecule has 1 aliphatic heterocycles. The van der Waals surface area contributed by atoms with Gasteiger partial charge in [-0.3, -0.25) is 4.79 Å². The summed E-state index contributed by atoms with van der Waals surface area (Å²) in [6.45, 7) is 0. The minimum Gasteiger partial charge on any atom is -0.497 e. The predicted molar refractivity (Wildman–Crippen MR) is 83.8 cm³/mol. The first-order valence-electron chi connectivity index (χ1n) is 7.05. The fourth-order valence-corrected chi connectivity index (χ4v) is 2.51. The lowest BCUT2D eigenvalue weighted by Gasteiger charge is -2.27. The highest BCUT2D eigenvalue weighted by atomic mass is 16.5. The second-order valence-electron chi connectivity index (χ2n) is 5.12. The second kappa shape index (κ2) is 5.87. The van der Waals surface area contributed by atoms with Gasteiger partial charge in [-0.1, -0.05) is 30.3 Å². The van der Waals surface area contributed by atoms with Crippen LogP contribution in [0.3, 0.4) is 0 Å². The van der Waals surface area contributed by atoms with Crippen LogP contribution >= 0.6 is 0 Å². The fourth-order valence-electron chi connectivity index (χ4n) is 2.51. The van der Waals surface area contributed by atoms with E-state index >= 15 is 0 Å². The van der Waals surface area contributed by atoms with Crippen molar-refractivity contribution in [3.05, 3.63) is 54.1 Å². The van der Waals surface area contributed by atoms with E-state index in [9.17, 15) is 4.79 Å². The zero-order chi connectivity index (χ0) is 14.7. The topological polar surface area (TPSA) is 50.4 Å². The molecule has 4 nitrogen and oxygen atoms in total. The van der Waals surface area contributed by atoms with Crippen LogP contribution in [0.4, 0.5) is 11.4 Å². The molecule has 1 heterocycles. The van der Waals surface area contributed by atoms with Gasteiger partial charge in [0.2, 0.25) is 5.91 Å². The van der Waals surface area contributed by atoms with Gasteiger partial charge in [-0.25, -0.2) is 0 Å². The third-order valence-electron chi connectivity index (χ3n) is 3.70. The number of amides is 1. The minimum atomic E-state index is -0.203. The Balaban J connectivity index is 1.69. The van der Waals surface area contributed by atoms with Crippen LogP contribution in [0.2, 0.25) is 0 Å². The number of carbonyl (C=O) groups excluding carboxylic acids is 1. The summed E-state index contributed by atoms with van der Waals surface area (Å²) < 4.78 is 5.17. The normalized spacial score (nSPS) is 16.6. The van der Waals surface area contributed by atoms with Gasteiger partial charge in [0, 0.05) is 6.07 Å². The van der Waals surface area contributed by atoms with Crippen molar-refractivity contribution >= 4 is 17.3 Å². The highest BCUT2D eigenvalue weighted by Crippen LogP contribution is 2.31. The maximum absolute atomic E-state index is 12.2. The van der Waals surface area contributed by atoms with E-state index in [1.165, 1.54) is 5.56 Å². The SMILES string of the molecule is COc1ccc2c(c1)NC(=O)C(CCc1ccccc1)N2. The fraction of sp³-hybridized carbons (Fsp3) is 0.235. The smallest absolute Gasteiger partial charge is 0.246 e. The molecule has 0 fully saturated rings. The number of ether oxygens (including phenoxy) is 1. The van der Waals surface area contributed by atoms with Crippen LogP contribution in [-0.2, 0) is 11.2 Å². The second-order valence-corrected chi connectivity index (χ2v) is 5.12. The molecule has 1 amide bonds. The molecule has 2 N–H and O–H groups in total. The summed E-state index contributed by atoms with van der Waals surface area (Å²) >= 11 is 0. The summed E-state index contributed by atoms with van der Waals surface area (Å²) in [6, 6.07) is 15.6. The summed E-state index contributed by atoms with van der Waals surface area (Å²) in [7, 11) is 1.61. The van der Waals surface area contributed by atoms with Crippen LogP contribution in [0.25, 0.3) is 0 Å². The number of methoxy groups -OCH3 is 1. The summed E-state index contributed by atoms with van der Waals surface area (Å²) in [4.78, 5) is 12.2. The predicted octanol–water partition coefficient (Wildman–Crippen LogP) is 3.06. The molecule has 1 atom stereocenters. The molecule has 1 unspecified atom stereocenters. The molecule has 2 aromatic rings. The number of benzene rings is 2. The largest absolute Gasteiger partial charge is 0.497 e. The van der Waals surface area contributed by atoms with Gasteiger partial charge in [-0.2, -0.15) is 0 Å². The van der Waals surface area contributed by atoms with Crippen LogP contribution in [0.15, 0.2) is 48.5 Å². The van der Waals surface area contributed by atoms with E-state index in [4.69, 9.17) is 4.74 Å². The number of rotatable bonds is 4. The van der Waals surface area contributed by atoms with E-state index < -0.39 is 0 Å². The van der Waals surface area contributed by atoms with Crippen molar-refractivity contribution in [2.75, 3.05) is 17.7 Å². The molecule has 0 saturated heterocycles. The van der Waals surface area contributed by atoms with E-state index in [0.29, 0.717) is 0 Å². The first kappa shape index (κ1) is 13.5. The molecule has 2 aromatic carbocycles. The third kappa shape index (κ3) is 2.99. The summed E-state index contributed by atoms with van der Waals surface area (Å²) in [5.41, 5.74) is 2.96. The lowest BCUT2D eigenvalue weighted by Crippen LogP contribution is -2.39. The van der Waals surface area contributed by atoms with Crippen molar-refractivity contribution in [1.29, 1.82) is 0 Å². The zero-order valence-corrected chi connectivity index (χ0v) is 11.9. The summed E-state index contributed by atoms with van der Waals surface area (Å²) in [5, 5.41) is 6.24. The first-order valence-corrected chi connectivity index (χ1v) is 7.05. The Hall–Kier alpha value is -2.49. The Morgan fingerprint density at radius 3 is 2.67 bits per heavy atom. The van der Waals surface area contributed by atoms with E-state index in [0.717, 1.165) is 30.0 Å². The maximum Gasteiger partial charge on any atom is 0.246 e. The summed E-state index contributed by atoms with van der Waals surface area (Å²) in [6.07, 6.45) is 1.64. The Labute approximate surface area is 124 Å². The number of hydrogen-bond donors (Lipinski definition) is 2. The van der Waals surface area contributed by atoms with Gasteiger partial charge in [-0.15, -0.1) is 0 Å². The van der Waals surface area contributed by atoms with E-state index in [1.54, 1.807) is 7.11 Å². The molecular weight excluding hydrogens is 264 g/mol. The molecule has 0 aromatic heterocycles. The molecule has 1 aliphatic rings. The molecule has 0 spiro atoms. The van der Waals surface area contributed by atoms with Gasteiger partial charge in [0.1, 0.15) is 11.8 Å². The quantitative estimate of drug-likeness (QED) is 0.906. The Bertz CT molecular complexity index is 640. The summed E-state index contributed by atoms with van der Waals surface area (Å²) in [5.74, 6) is 0.741. The monoisotopic (exact) mass is 282 g/mol. The number of fused-ring (bicyclic) bond motifs is 1. The van der Waals surface area contributed by atoms with Crippen molar-refractivity contribution in [3.63, 3.8) is 0 Å². The van der Waals surface area contributed by atoms with Crippen molar-refractivity contribution in [1.82, 2.24) is 0 Å². The van der Waals surface area contributed by atoms with Gasteiger partial charge in [0.15, 0.2) is 0 Å².